The number of aromatic hydroxyl groups is 1. The SMILES string of the molecule is COc1ccc(Cl)cc1NC(=O)c1cc(-c2cc(C)cc(C)c2O)n[nH]1. The van der Waals surface area contributed by atoms with E-state index in [1.807, 2.05) is 26.0 Å². The number of aromatic nitrogens is 2. The Kier molecular flexibility index (Phi) is 4.86. The van der Waals surface area contributed by atoms with Gasteiger partial charge in [-0.3, -0.25) is 9.89 Å². The van der Waals surface area contributed by atoms with Crippen LogP contribution in [-0.4, -0.2) is 28.3 Å². The van der Waals surface area contributed by atoms with E-state index < -0.39 is 5.91 Å². The van der Waals surface area contributed by atoms with Gasteiger partial charge < -0.3 is 15.2 Å². The molecule has 0 saturated heterocycles. The first-order valence-corrected chi connectivity index (χ1v) is 8.27. The number of carbonyl (C=O) groups excluding carboxylic acids is 1. The summed E-state index contributed by atoms with van der Waals surface area (Å²) in [6.07, 6.45) is 0. The third-order valence-electron chi connectivity index (χ3n) is 3.95. The van der Waals surface area contributed by atoms with Crippen LogP contribution in [0.3, 0.4) is 0 Å². The lowest BCUT2D eigenvalue weighted by atomic mass is 10.0. The Labute approximate surface area is 155 Å². The number of carbonyl (C=O) groups is 1. The summed E-state index contributed by atoms with van der Waals surface area (Å²) >= 11 is 5.98. The Morgan fingerprint density at radius 1 is 1.23 bits per heavy atom. The lowest BCUT2D eigenvalue weighted by Gasteiger charge is -2.09. The van der Waals surface area contributed by atoms with E-state index in [9.17, 15) is 9.90 Å². The van der Waals surface area contributed by atoms with Crippen LogP contribution in [-0.2, 0) is 0 Å². The molecule has 0 aliphatic rings. The average Bonchev–Trinajstić information content (AvgIpc) is 3.08. The number of benzene rings is 2. The van der Waals surface area contributed by atoms with Gasteiger partial charge in [0.1, 0.15) is 17.2 Å². The number of aryl methyl sites for hydroxylation is 2. The van der Waals surface area contributed by atoms with E-state index in [0.717, 1.165) is 11.1 Å². The molecule has 0 saturated carbocycles. The molecule has 26 heavy (non-hydrogen) atoms. The standard InChI is InChI=1S/C19H18ClN3O3/c1-10-6-11(2)18(24)13(7-10)14-9-16(23-22-14)19(25)21-15-8-12(20)4-5-17(15)26-3/h4-9,24H,1-3H3,(H,21,25)(H,22,23). The molecule has 134 valence electrons. The quantitative estimate of drug-likeness (QED) is 0.637. The number of nitrogens with zero attached hydrogens (tertiary/aromatic N) is 1. The van der Waals surface area contributed by atoms with Crippen LogP contribution in [0.4, 0.5) is 5.69 Å². The van der Waals surface area contributed by atoms with Crippen LogP contribution >= 0.6 is 11.6 Å². The maximum absolute atomic E-state index is 12.5. The minimum absolute atomic E-state index is 0.144. The molecule has 3 aromatic rings. The smallest absolute Gasteiger partial charge is 0.273 e. The lowest BCUT2D eigenvalue weighted by molar-refractivity contribution is 0.102. The first-order chi connectivity index (χ1) is 12.4. The van der Waals surface area contributed by atoms with Gasteiger partial charge in [0.2, 0.25) is 0 Å². The highest BCUT2D eigenvalue weighted by Crippen LogP contribution is 2.33. The fraction of sp³-hybridized carbons (Fsp3) is 0.158. The van der Waals surface area contributed by atoms with Crippen molar-refractivity contribution < 1.29 is 14.6 Å². The number of H-pyrrole nitrogens is 1. The average molecular weight is 372 g/mol. The normalized spacial score (nSPS) is 10.6. The summed E-state index contributed by atoms with van der Waals surface area (Å²) in [7, 11) is 1.51. The predicted octanol–water partition coefficient (Wildman–Crippen LogP) is 4.31. The third-order valence-corrected chi connectivity index (χ3v) is 4.19. The van der Waals surface area contributed by atoms with Gasteiger partial charge in [-0.15, -0.1) is 0 Å². The van der Waals surface area contributed by atoms with Crippen LogP contribution in [0.2, 0.25) is 5.02 Å². The Balaban J connectivity index is 1.89. The number of nitrogens with one attached hydrogen (secondary N) is 2. The number of methoxy groups -OCH3 is 1. The summed E-state index contributed by atoms with van der Waals surface area (Å²) in [5, 5.41) is 20.3. The number of hydrogen-bond donors (Lipinski definition) is 3. The van der Waals surface area contributed by atoms with Gasteiger partial charge in [-0.25, -0.2) is 0 Å². The van der Waals surface area contributed by atoms with E-state index in [1.54, 1.807) is 24.3 Å². The van der Waals surface area contributed by atoms with Crippen molar-refractivity contribution in [3.05, 3.63) is 58.2 Å². The molecule has 0 atom stereocenters. The van der Waals surface area contributed by atoms with Crippen molar-refractivity contribution >= 4 is 23.2 Å². The van der Waals surface area contributed by atoms with Crippen molar-refractivity contribution in [3.63, 3.8) is 0 Å². The highest BCUT2D eigenvalue weighted by atomic mass is 35.5. The molecular weight excluding hydrogens is 354 g/mol. The van der Waals surface area contributed by atoms with Crippen molar-refractivity contribution in [1.82, 2.24) is 10.2 Å². The molecule has 0 fully saturated rings. The number of aromatic amines is 1. The summed E-state index contributed by atoms with van der Waals surface area (Å²) in [4.78, 5) is 12.5. The molecule has 1 heterocycles. The lowest BCUT2D eigenvalue weighted by Crippen LogP contribution is -2.13. The second-order valence-corrected chi connectivity index (χ2v) is 6.38. The molecule has 2 aromatic carbocycles. The van der Waals surface area contributed by atoms with Crippen molar-refractivity contribution in [2.24, 2.45) is 0 Å². The van der Waals surface area contributed by atoms with Gasteiger partial charge >= 0.3 is 0 Å². The van der Waals surface area contributed by atoms with Gasteiger partial charge in [-0.1, -0.05) is 17.7 Å². The molecule has 1 aromatic heterocycles. The summed E-state index contributed by atoms with van der Waals surface area (Å²) in [5.74, 6) is 0.244. The predicted molar refractivity (Wildman–Crippen MR) is 101 cm³/mol. The molecule has 0 bridgehead atoms. The molecule has 3 rings (SSSR count). The Bertz CT molecular complexity index is 982. The maximum Gasteiger partial charge on any atom is 0.273 e. The molecular formula is C19H18ClN3O3. The third kappa shape index (κ3) is 3.50. The number of amides is 1. The Hall–Kier alpha value is -2.99. The number of phenols is 1. The van der Waals surface area contributed by atoms with E-state index in [-0.39, 0.29) is 11.4 Å². The molecule has 7 heteroatoms. The largest absolute Gasteiger partial charge is 0.507 e. The summed E-state index contributed by atoms with van der Waals surface area (Å²) < 4.78 is 5.22. The zero-order chi connectivity index (χ0) is 18.8. The van der Waals surface area contributed by atoms with Crippen LogP contribution in [0.1, 0.15) is 21.6 Å². The van der Waals surface area contributed by atoms with Crippen LogP contribution in [0, 0.1) is 13.8 Å². The number of hydrogen-bond acceptors (Lipinski definition) is 4. The fourth-order valence-corrected chi connectivity index (χ4v) is 2.87. The zero-order valence-electron chi connectivity index (χ0n) is 14.6. The van der Waals surface area contributed by atoms with Gasteiger partial charge in [-0.05, 0) is 55.3 Å². The van der Waals surface area contributed by atoms with E-state index in [0.29, 0.717) is 27.7 Å². The van der Waals surface area contributed by atoms with Crippen LogP contribution in [0.5, 0.6) is 11.5 Å². The first-order valence-electron chi connectivity index (χ1n) is 7.90. The van der Waals surface area contributed by atoms with E-state index in [2.05, 4.69) is 15.5 Å². The number of anilines is 1. The highest BCUT2D eigenvalue weighted by molar-refractivity contribution is 6.31. The minimum atomic E-state index is -0.395. The zero-order valence-corrected chi connectivity index (χ0v) is 15.3. The highest BCUT2D eigenvalue weighted by Gasteiger charge is 2.16. The van der Waals surface area contributed by atoms with Crippen molar-refractivity contribution in [2.75, 3.05) is 12.4 Å². The van der Waals surface area contributed by atoms with E-state index in [1.165, 1.54) is 7.11 Å². The van der Waals surface area contributed by atoms with Gasteiger partial charge in [0.15, 0.2) is 0 Å². The van der Waals surface area contributed by atoms with Gasteiger partial charge in [0, 0.05) is 10.6 Å². The summed E-state index contributed by atoms with van der Waals surface area (Å²) in [6, 6.07) is 10.2. The van der Waals surface area contributed by atoms with E-state index >= 15 is 0 Å². The molecule has 0 aliphatic heterocycles. The molecule has 0 unspecified atom stereocenters. The monoisotopic (exact) mass is 371 g/mol. The number of ether oxygens (including phenoxy) is 1. The molecule has 3 N–H and O–H groups in total. The van der Waals surface area contributed by atoms with Crippen LogP contribution in [0.25, 0.3) is 11.3 Å². The van der Waals surface area contributed by atoms with Crippen molar-refractivity contribution in [1.29, 1.82) is 0 Å². The van der Waals surface area contributed by atoms with Crippen LogP contribution < -0.4 is 10.1 Å². The number of halogens is 1. The Morgan fingerprint density at radius 2 is 2.00 bits per heavy atom. The topological polar surface area (TPSA) is 87.2 Å². The van der Waals surface area contributed by atoms with Crippen LogP contribution in [0.15, 0.2) is 36.4 Å². The fourth-order valence-electron chi connectivity index (χ4n) is 2.70. The van der Waals surface area contributed by atoms with E-state index in [4.69, 9.17) is 16.3 Å². The first kappa shape index (κ1) is 17.8. The second kappa shape index (κ2) is 7.09. The number of phenolic OH excluding ortho intramolecular Hbond substituents is 1. The minimum Gasteiger partial charge on any atom is -0.507 e. The maximum atomic E-state index is 12.5. The van der Waals surface area contributed by atoms with Gasteiger partial charge in [0.05, 0.1) is 18.5 Å². The molecule has 0 radical (unpaired) electrons. The van der Waals surface area contributed by atoms with Gasteiger partial charge in [0.25, 0.3) is 5.91 Å². The molecule has 1 amide bonds. The van der Waals surface area contributed by atoms with Crippen molar-refractivity contribution in [3.8, 4) is 22.8 Å². The molecule has 0 spiro atoms. The summed E-state index contributed by atoms with van der Waals surface area (Å²) in [5.41, 5.74) is 3.50. The molecule has 6 nitrogen and oxygen atoms in total. The Morgan fingerprint density at radius 3 is 2.73 bits per heavy atom. The molecule has 0 aliphatic carbocycles. The second-order valence-electron chi connectivity index (χ2n) is 5.94. The van der Waals surface area contributed by atoms with Crippen molar-refractivity contribution in [2.45, 2.75) is 13.8 Å². The number of rotatable bonds is 4. The van der Waals surface area contributed by atoms with Gasteiger partial charge in [-0.2, -0.15) is 5.10 Å². The summed E-state index contributed by atoms with van der Waals surface area (Å²) in [6.45, 7) is 3.75.